The first-order valence-corrected chi connectivity index (χ1v) is 7.00. The van der Waals surface area contributed by atoms with Crippen LogP contribution in [0.15, 0.2) is 41.9 Å². The number of thiazole rings is 1. The molecule has 3 rings (SSSR count). The van der Waals surface area contributed by atoms with E-state index in [1.165, 1.54) is 0 Å². The number of hydrogen-bond acceptors (Lipinski definition) is 3. The molecule has 0 unspecified atom stereocenters. The number of nitrogens with zero attached hydrogens (tertiary/aromatic N) is 1. The summed E-state index contributed by atoms with van der Waals surface area (Å²) in [6, 6.07) is 9.88. The minimum atomic E-state index is -0.818. The van der Waals surface area contributed by atoms with Crippen LogP contribution in [0.4, 0.5) is 0 Å². The van der Waals surface area contributed by atoms with E-state index < -0.39 is 5.97 Å². The van der Waals surface area contributed by atoms with E-state index in [0.717, 1.165) is 27.4 Å². The fraction of sp³-hybridized carbons (Fsp3) is 0.133. The molecule has 20 heavy (non-hydrogen) atoms. The fourth-order valence-corrected chi connectivity index (χ4v) is 3.12. The summed E-state index contributed by atoms with van der Waals surface area (Å²) in [6.45, 7) is 0. The lowest BCUT2D eigenvalue weighted by atomic mass is 10.1. The normalized spacial score (nSPS) is 10.8. The second kappa shape index (κ2) is 5.02. The number of carbonyl (C=O) groups is 1. The zero-order valence-corrected chi connectivity index (χ0v) is 11.7. The first-order valence-electron chi connectivity index (χ1n) is 6.12. The molecule has 0 aliphatic heterocycles. The lowest BCUT2D eigenvalue weighted by Crippen LogP contribution is -2.01. The van der Waals surface area contributed by atoms with Gasteiger partial charge in [-0.25, -0.2) is 0 Å². The van der Waals surface area contributed by atoms with E-state index in [4.69, 9.17) is 9.84 Å². The van der Waals surface area contributed by atoms with E-state index in [9.17, 15) is 4.79 Å². The third-order valence-electron chi connectivity index (χ3n) is 3.15. The molecular weight excluding hydrogens is 274 g/mol. The average Bonchev–Trinajstić information content (AvgIpc) is 3.00. The van der Waals surface area contributed by atoms with Gasteiger partial charge in [-0.15, -0.1) is 11.3 Å². The number of fused-ring (bicyclic) bond motifs is 1. The van der Waals surface area contributed by atoms with Crippen molar-refractivity contribution in [3.8, 4) is 16.9 Å². The third-order valence-corrected chi connectivity index (χ3v) is 4.09. The molecule has 0 bridgehead atoms. The van der Waals surface area contributed by atoms with Crippen molar-refractivity contribution in [1.29, 1.82) is 0 Å². The first-order chi connectivity index (χ1) is 9.67. The second-order valence-electron chi connectivity index (χ2n) is 4.47. The van der Waals surface area contributed by atoms with Crippen LogP contribution >= 0.6 is 11.3 Å². The van der Waals surface area contributed by atoms with E-state index >= 15 is 0 Å². The van der Waals surface area contributed by atoms with Gasteiger partial charge in [-0.1, -0.05) is 12.1 Å². The van der Waals surface area contributed by atoms with Gasteiger partial charge >= 0.3 is 5.97 Å². The molecule has 1 N–H and O–H groups in total. The summed E-state index contributed by atoms with van der Waals surface area (Å²) in [5.74, 6) is -0.0101. The quantitative estimate of drug-likeness (QED) is 0.801. The predicted octanol–water partition coefficient (Wildman–Crippen LogP) is 3.30. The van der Waals surface area contributed by atoms with E-state index in [-0.39, 0.29) is 6.42 Å². The molecule has 0 fully saturated rings. The third kappa shape index (κ3) is 2.28. The molecule has 4 nitrogen and oxygen atoms in total. The van der Waals surface area contributed by atoms with Crippen LogP contribution in [-0.4, -0.2) is 22.6 Å². The highest BCUT2D eigenvalue weighted by Crippen LogP contribution is 2.29. The Bertz CT molecular complexity index is 772. The van der Waals surface area contributed by atoms with Crippen LogP contribution in [-0.2, 0) is 11.2 Å². The number of carboxylic acids is 1. The highest BCUT2D eigenvalue weighted by atomic mass is 32.1. The zero-order valence-electron chi connectivity index (χ0n) is 10.9. The summed E-state index contributed by atoms with van der Waals surface area (Å²) in [5, 5.41) is 10.8. The second-order valence-corrected chi connectivity index (χ2v) is 5.36. The van der Waals surface area contributed by atoms with Crippen molar-refractivity contribution in [2.75, 3.05) is 7.11 Å². The summed E-state index contributed by atoms with van der Waals surface area (Å²) in [5.41, 5.74) is 2.91. The van der Waals surface area contributed by atoms with Crippen molar-refractivity contribution in [3.63, 3.8) is 0 Å². The SMILES string of the molecule is COc1cccc(-c2cc3scc(CC(=O)O)n3c2)c1. The average molecular weight is 287 g/mol. The predicted molar refractivity (Wildman–Crippen MR) is 78.6 cm³/mol. The molecule has 5 heteroatoms. The number of methoxy groups -OCH3 is 1. The van der Waals surface area contributed by atoms with Crippen molar-refractivity contribution in [1.82, 2.24) is 4.40 Å². The molecular formula is C15H13NO3S. The Balaban J connectivity index is 2.04. The van der Waals surface area contributed by atoms with Crippen LogP contribution in [0.5, 0.6) is 5.75 Å². The van der Waals surface area contributed by atoms with Gasteiger partial charge < -0.3 is 14.2 Å². The van der Waals surface area contributed by atoms with E-state index in [0.29, 0.717) is 0 Å². The highest BCUT2D eigenvalue weighted by Gasteiger charge is 2.10. The van der Waals surface area contributed by atoms with Crippen molar-refractivity contribution in [2.45, 2.75) is 6.42 Å². The molecule has 1 aromatic carbocycles. The van der Waals surface area contributed by atoms with E-state index in [1.807, 2.05) is 40.2 Å². The maximum atomic E-state index is 10.8. The van der Waals surface area contributed by atoms with Crippen molar-refractivity contribution >= 4 is 22.1 Å². The van der Waals surface area contributed by atoms with Crippen molar-refractivity contribution in [2.24, 2.45) is 0 Å². The van der Waals surface area contributed by atoms with Gasteiger partial charge in [0, 0.05) is 22.8 Å². The molecule has 0 radical (unpaired) electrons. The number of aliphatic carboxylic acids is 1. The lowest BCUT2D eigenvalue weighted by Gasteiger charge is -2.02. The molecule has 0 aliphatic rings. The van der Waals surface area contributed by atoms with Gasteiger partial charge in [0.05, 0.1) is 18.4 Å². The zero-order chi connectivity index (χ0) is 14.1. The molecule has 2 heterocycles. The van der Waals surface area contributed by atoms with Gasteiger partial charge in [-0.05, 0) is 23.8 Å². The minimum Gasteiger partial charge on any atom is -0.497 e. The summed E-state index contributed by atoms with van der Waals surface area (Å²) < 4.78 is 7.16. The fourth-order valence-electron chi connectivity index (χ4n) is 2.19. The molecule has 0 saturated carbocycles. The van der Waals surface area contributed by atoms with Crippen LogP contribution in [0.2, 0.25) is 0 Å². The Kier molecular flexibility index (Phi) is 3.20. The molecule has 102 valence electrons. The number of rotatable bonds is 4. The molecule has 3 aromatic rings. The summed E-state index contributed by atoms with van der Waals surface area (Å²) in [6.07, 6.45) is 2.01. The summed E-state index contributed by atoms with van der Waals surface area (Å²) >= 11 is 1.55. The maximum Gasteiger partial charge on any atom is 0.309 e. The van der Waals surface area contributed by atoms with Gasteiger partial charge in [0.25, 0.3) is 0 Å². The highest BCUT2D eigenvalue weighted by molar-refractivity contribution is 7.15. The molecule has 0 amide bonds. The number of hydrogen-bond donors (Lipinski definition) is 1. The molecule has 0 saturated heterocycles. The van der Waals surface area contributed by atoms with Crippen molar-refractivity contribution in [3.05, 3.63) is 47.6 Å². The Morgan fingerprint density at radius 1 is 1.35 bits per heavy atom. The van der Waals surface area contributed by atoms with Gasteiger partial charge in [-0.2, -0.15) is 0 Å². The molecule has 2 aromatic heterocycles. The topological polar surface area (TPSA) is 50.9 Å². The van der Waals surface area contributed by atoms with Crippen LogP contribution in [0.3, 0.4) is 0 Å². The van der Waals surface area contributed by atoms with Gasteiger partial charge in [0.15, 0.2) is 0 Å². The number of benzene rings is 1. The Morgan fingerprint density at radius 3 is 2.95 bits per heavy atom. The van der Waals surface area contributed by atoms with Crippen LogP contribution in [0.25, 0.3) is 16.0 Å². The lowest BCUT2D eigenvalue weighted by molar-refractivity contribution is -0.136. The summed E-state index contributed by atoms with van der Waals surface area (Å²) in [7, 11) is 1.64. The van der Waals surface area contributed by atoms with Gasteiger partial charge in [-0.3, -0.25) is 4.79 Å². The summed E-state index contributed by atoms with van der Waals surface area (Å²) in [4.78, 5) is 11.9. The van der Waals surface area contributed by atoms with Crippen LogP contribution in [0, 0.1) is 0 Å². The van der Waals surface area contributed by atoms with Gasteiger partial charge in [0.1, 0.15) is 5.75 Å². The maximum absolute atomic E-state index is 10.8. The monoisotopic (exact) mass is 287 g/mol. The smallest absolute Gasteiger partial charge is 0.309 e. The Hall–Kier alpha value is -2.27. The van der Waals surface area contributed by atoms with Gasteiger partial charge in [0.2, 0.25) is 0 Å². The van der Waals surface area contributed by atoms with E-state index in [1.54, 1.807) is 18.4 Å². The molecule has 0 aliphatic carbocycles. The van der Waals surface area contributed by atoms with Crippen LogP contribution < -0.4 is 4.74 Å². The number of carboxylic acid groups (broad SMARTS) is 1. The van der Waals surface area contributed by atoms with Crippen molar-refractivity contribution < 1.29 is 14.6 Å². The Morgan fingerprint density at radius 2 is 2.20 bits per heavy atom. The van der Waals surface area contributed by atoms with Crippen LogP contribution in [0.1, 0.15) is 5.69 Å². The Labute approximate surface area is 119 Å². The molecule has 0 spiro atoms. The minimum absolute atomic E-state index is 0.0340. The number of ether oxygens (including phenoxy) is 1. The standard InChI is InChI=1S/C15H13NO3S/c1-19-13-4-2-3-10(5-13)11-6-14-16(8-11)12(9-20-14)7-15(17)18/h2-6,8-9H,7H2,1H3,(H,17,18). The largest absolute Gasteiger partial charge is 0.497 e. The first kappa shape index (κ1) is 12.7. The number of aromatic nitrogens is 1. The molecule has 0 atom stereocenters. The van der Waals surface area contributed by atoms with E-state index in [2.05, 4.69) is 6.07 Å².